The number of hydrogen-bond donors (Lipinski definition) is 1. The van der Waals surface area contributed by atoms with Gasteiger partial charge in [-0.1, -0.05) is 30.3 Å². The Kier molecular flexibility index (Phi) is 3.20. The summed E-state index contributed by atoms with van der Waals surface area (Å²) in [7, 11) is 0. The van der Waals surface area contributed by atoms with E-state index in [4.69, 9.17) is 0 Å². The van der Waals surface area contributed by atoms with Crippen molar-refractivity contribution in [1.29, 1.82) is 0 Å². The normalized spacial score (nSPS) is 11.0. The van der Waals surface area contributed by atoms with Crippen molar-refractivity contribution in [2.45, 2.75) is 0 Å². The van der Waals surface area contributed by atoms with Crippen molar-refractivity contribution < 1.29 is 9.42 Å². The van der Waals surface area contributed by atoms with Gasteiger partial charge in [-0.2, -0.15) is 5.10 Å². The van der Waals surface area contributed by atoms with Crippen molar-refractivity contribution in [1.82, 2.24) is 15.7 Å². The van der Waals surface area contributed by atoms with Crippen LogP contribution in [0, 0.1) is 0 Å². The van der Waals surface area contributed by atoms with E-state index >= 15 is 0 Å². The van der Waals surface area contributed by atoms with Crippen LogP contribution in [0.25, 0.3) is 11.0 Å². The van der Waals surface area contributed by atoms with Gasteiger partial charge >= 0.3 is 0 Å². The van der Waals surface area contributed by atoms with Gasteiger partial charge in [0.05, 0.1) is 6.21 Å². The topological polar surface area (TPSA) is 80.4 Å². The quantitative estimate of drug-likeness (QED) is 0.580. The summed E-state index contributed by atoms with van der Waals surface area (Å²) in [5.74, 6) is -0.318. The van der Waals surface area contributed by atoms with Gasteiger partial charge in [-0.15, -0.1) is 0 Å². The van der Waals surface area contributed by atoms with Crippen LogP contribution in [-0.4, -0.2) is 22.4 Å². The number of carbonyl (C=O) groups is 1. The fraction of sp³-hybridized carbons (Fsp3) is 0. The minimum absolute atomic E-state index is 0.318. The lowest BCUT2D eigenvalue weighted by Crippen LogP contribution is -2.17. The third-order valence-corrected chi connectivity index (χ3v) is 2.70. The SMILES string of the molecule is O=C(N/N=C\c1ccccc1)c1ccc2nonc2c1. The molecule has 0 saturated heterocycles. The van der Waals surface area contributed by atoms with Gasteiger partial charge in [-0.05, 0) is 34.1 Å². The summed E-state index contributed by atoms with van der Waals surface area (Å²) in [6.45, 7) is 0. The van der Waals surface area contributed by atoms with Crippen LogP contribution in [0.1, 0.15) is 15.9 Å². The maximum atomic E-state index is 11.9. The highest BCUT2D eigenvalue weighted by Gasteiger charge is 2.07. The number of hydrazone groups is 1. The van der Waals surface area contributed by atoms with Gasteiger partial charge in [0.25, 0.3) is 5.91 Å². The van der Waals surface area contributed by atoms with Crippen LogP contribution in [0.15, 0.2) is 58.3 Å². The van der Waals surface area contributed by atoms with E-state index in [1.807, 2.05) is 30.3 Å². The lowest BCUT2D eigenvalue weighted by atomic mass is 10.2. The molecule has 0 unspecified atom stereocenters. The minimum Gasteiger partial charge on any atom is -0.267 e. The van der Waals surface area contributed by atoms with E-state index in [0.29, 0.717) is 16.6 Å². The van der Waals surface area contributed by atoms with Crippen molar-refractivity contribution in [3.05, 3.63) is 59.7 Å². The molecule has 0 atom stereocenters. The smallest absolute Gasteiger partial charge is 0.267 e. The first kappa shape index (κ1) is 12.0. The first-order valence-corrected chi connectivity index (χ1v) is 5.94. The monoisotopic (exact) mass is 266 g/mol. The highest BCUT2D eigenvalue weighted by Crippen LogP contribution is 2.11. The summed E-state index contributed by atoms with van der Waals surface area (Å²) in [5, 5.41) is 11.3. The van der Waals surface area contributed by atoms with Crippen LogP contribution < -0.4 is 5.43 Å². The third-order valence-electron chi connectivity index (χ3n) is 2.70. The first-order valence-electron chi connectivity index (χ1n) is 5.94. The molecule has 1 N–H and O–H groups in total. The Hall–Kier alpha value is -3.02. The average molecular weight is 266 g/mol. The molecule has 1 amide bonds. The molecule has 20 heavy (non-hydrogen) atoms. The summed E-state index contributed by atoms with van der Waals surface area (Å²) in [6, 6.07) is 14.4. The first-order chi connectivity index (χ1) is 9.83. The number of nitrogens with one attached hydrogen (secondary N) is 1. The highest BCUT2D eigenvalue weighted by atomic mass is 16.6. The Morgan fingerprint density at radius 2 is 1.90 bits per heavy atom. The Bertz CT molecular complexity index is 765. The molecule has 0 fully saturated rings. The van der Waals surface area contributed by atoms with Gasteiger partial charge in [-0.3, -0.25) is 4.79 Å². The zero-order valence-corrected chi connectivity index (χ0v) is 10.4. The fourth-order valence-electron chi connectivity index (χ4n) is 1.69. The van der Waals surface area contributed by atoms with E-state index in [0.717, 1.165) is 5.56 Å². The molecular weight excluding hydrogens is 256 g/mol. The molecule has 98 valence electrons. The molecule has 3 aromatic rings. The second-order valence-electron chi connectivity index (χ2n) is 4.08. The second kappa shape index (κ2) is 5.31. The molecule has 3 rings (SSSR count). The van der Waals surface area contributed by atoms with Crippen molar-refractivity contribution in [2.75, 3.05) is 0 Å². The van der Waals surface area contributed by atoms with Crippen molar-refractivity contribution in [3.8, 4) is 0 Å². The molecule has 0 spiro atoms. The van der Waals surface area contributed by atoms with Crippen LogP contribution >= 0.6 is 0 Å². The van der Waals surface area contributed by atoms with E-state index in [1.165, 1.54) is 0 Å². The van der Waals surface area contributed by atoms with E-state index in [-0.39, 0.29) is 5.91 Å². The molecule has 2 aromatic carbocycles. The summed E-state index contributed by atoms with van der Waals surface area (Å²) in [4.78, 5) is 11.9. The van der Waals surface area contributed by atoms with Gasteiger partial charge in [-0.25, -0.2) is 10.1 Å². The van der Waals surface area contributed by atoms with Gasteiger partial charge in [0, 0.05) is 5.56 Å². The Morgan fingerprint density at radius 3 is 2.75 bits per heavy atom. The Morgan fingerprint density at radius 1 is 1.10 bits per heavy atom. The fourth-order valence-corrected chi connectivity index (χ4v) is 1.69. The van der Waals surface area contributed by atoms with Gasteiger partial charge in [0.2, 0.25) is 0 Å². The van der Waals surface area contributed by atoms with Gasteiger partial charge in [0.1, 0.15) is 11.0 Å². The second-order valence-corrected chi connectivity index (χ2v) is 4.08. The van der Waals surface area contributed by atoms with E-state index < -0.39 is 0 Å². The molecule has 0 aliphatic heterocycles. The van der Waals surface area contributed by atoms with E-state index in [2.05, 4.69) is 25.5 Å². The summed E-state index contributed by atoms with van der Waals surface area (Å²) in [6.07, 6.45) is 1.58. The lowest BCUT2D eigenvalue weighted by Gasteiger charge is -1.98. The van der Waals surface area contributed by atoms with Gasteiger partial charge < -0.3 is 0 Å². The lowest BCUT2D eigenvalue weighted by molar-refractivity contribution is 0.0955. The number of amides is 1. The Balaban J connectivity index is 1.71. The van der Waals surface area contributed by atoms with Crippen molar-refractivity contribution >= 4 is 23.2 Å². The van der Waals surface area contributed by atoms with Crippen molar-refractivity contribution in [3.63, 3.8) is 0 Å². The maximum absolute atomic E-state index is 11.9. The molecule has 1 aromatic heterocycles. The standard InChI is InChI=1S/C14H10N4O2/c19-14(16-15-9-10-4-2-1-3-5-10)11-6-7-12-13(8-11)18-20-17-12/h1-9H,(H,16,19)/b15-9-. The molecule has 0 saturated carbocycles. The molecule has 0 aliphatic carbocycles. The van der Waals surface area contributed by atoms with Crippen LogP contribution in [-0.2, 0) is 0 Å². The summed E-state index contributed by atoms with van der Waals surface area (Å²) >= 11 is 0. The zero-order chi connectivity index (χ0) is 13.8. The number of hydrogen-bond acceptors (Lipinski definition) is 5. The maximum Gasteiger partial charge on any atom is 0.271 e. The highest BCUT2D eigenvalue weighted by molar-refractivity contribution is 5.97. The predicted molar refractivity (Wildman–Crippen MR) is 73.3 cm³/mol. The number of benzene rings is 2. The minimum atomic E-state index is -0.318. The molecule has 0 radical (unpaired) electrons. The van der Waals surface area contributed by atoms with Gasteiger partial charge in [0.15, 0.2) is 0 Å². The number of nitrogens with zero attached hydrogens (tertiary/aromatic N) is 3. The van der Waals surface area contributed by atoms with Crippen LogP contribution in [0.5, 0.6) is 0 Å². The molecule has 6 heteroatoms. The molecule has 0 aliphatic rings. The van der Waals surface area contributed by atoms with Crippen LogP contribution in [0.4, 0.5) is 0 Å². The number of fused-ring (bicyclic) bond motifs is 1. The van der Waals surface area contributed by atoms with E-state index in [9.17, 15) is 4.79 Å². The molecule has 0 bridgehead atoms. The summed E-state index contributed by atoms with van der Waals surface area (Å²) in [5.41, 5.74) is 4.94. The number of rotatable bonds is 3. The van der Waals surface area contributed by atoms with Crippen LogP contribution in [0.3, 0.4) is 0 Å². The van der Waals surface area contributed by atoms with E-state index in [1.54, 1.807) is 24.4 Å². The summed E-state index contributed by atoms with van der Waals surface area (Å²) < 4.78 is 4.58. The number of carbonyl (C=O) groups excluding carboxylic acids is 1. The largest absolute Gasteiger partial charge is 0.271 e. The third kappa shape index (κ3) is 2.54. The average Bonchev–Trinajstić information content (AvgIpc) is 2.95. The van der Waals surface area contributed by atoms with Crippen LogP contribution in [0.2, 0.25) is 0 Å². The molecule has 1 heterocycles. The van der Waals surface area contributed by atoms with Crippen molar-refractivity contribution in [2.24, 2.45) is 5.10 Å². The molecular formula is C14H10N4O2. The molecule has 6 nitrogen and oxygen atoms in total. The Labute approximate surface area is 114 Å². The number of aromatic nitrogens is 2. The zero-order valence-electron chi connectivity index (χ0n) is 10.4. The predicted octanol–water partition coefficient (Wildman–Crippen LogP) is 1.99.